The molecule has 0 spiro atoms. The van der Waals surface area contributed by atoms with Gasteiger partial charge in [-0.05, 0) is 25.0 Å². The Kier molecular flexibility index (Phi) is 9.31. The van der Waals surface area contributed by atoms with Gasteiger partial charge in [0, 0.05) is 32.1 Å². The van der Waals surface area contributed by atoms with E-state index in [1.807, 2.05) is 0 Å². The molecule has 1 atom stereocenters. The second-order valence-electron chi connectivity index (χ2n) is 5.57. The van der Waals surface area contributed by atoms with Gasteiger partial charge in [-0.15, -0.1) is 24.0 Å². The minimum absolute atomic E-state index is 0. The minimum atomic E-state index is 0. The summed E-state index contributed by atoms with van der Waals surface area (Å²) in [7, 11) is 1.79. The maximum atomic E-state index is 6.11. The third-order valence-corrected chi connectivity index (χ3v) is 3.62. The van der Waals surface area contributed by atoms with E-state index in [9.17, 15) is 0 Å². The molecule has 1 fully saturated rings. The summed E-state index contributed by atoms with van der Waals surface area (Å²) in [5.41, 5.74) is 2.34. The molecule has 0 saturated carbocycles. The average molecular weight is 433 g/mol. The van der Waals surface area contributed by atoms with E-state index in [2.05, 4.69) is 47.7 Å². The number of aryl methyl sites for hydroxylation is 1. The number of nitrogens with zero attached hydrogens (tertiary/aromatic N) is 1. The molecule has 130 valence electrons. The zero-order valence-electron chi connectivity index (χ0n) is 14.2. The van der Waals surface area contributed by atoms with Crippen molar-refractivity contribution in [3.8, 4) is 5.75 Å². The van der Waals surface area contributed by atoms with Crippen LogP contribution in [0.5, 0.6) is 5.75 Å². The molecule has 23 heavy (non-hydrogen) atoms. The molecule has 0 radical (unpaired) electrons. The fourth-order valence-electron chi connectivity index (χ4n) is 2.35. The van der Waals surface area contributed by atoms with Crippen molar-refractivity contribution < 1.29 is 9.47 Å². The van der Waals surface area contributed by atoms with Crippen LogP contribution in [-0.4, -0.2) is 38.9 Å². The van der Waals surface area contributed by atoms with E-state index >= 15 is 0 Å². The second kappa shape index (κ2) is 10.7. The van der Waals surface area contributed by atoms with Gasteiger partial charge in [0.15, 0.2) is 5.96 Å². The molecular formula is C17H28IN3O2. The summed E-state index contributed by atoms with van der Waals surface area (Å²) in [6.45, 7) is 7.29. The Bertz CT molecular complexity index is 503. The molecule has 1 aromatic rings. The SMILES string of the molecule is CCCNC(=NC)NCc1ccc(C)cc1OC1CCOC1.I. The van der Waals surface area contributed by atoms with Crippen LogP contribution in [0, 0.1) is 6.92 Å². The van der Waals surface area contributed by atoms with Crippen molar-refractivity contribution in [2.24, 2.45) is 4.99 Å². The fourth-order valence-corrected chi connectivity index (χ4v) is 2.35. The molecule has 1 aliphatic heterocycles. The average Bonchev–Trinajstić information content (AvgIpc) is 3.02. The van der Waals surface area contributed by atoms with Crippen LogP contribution >= 0.6 is 24.0 Å². The van der Waals surface area contributed by atoms with Gasteiger partial charge in [-0.1, -0.05) is 19.1 Å². The number of hydrogen-bond donors (Lipinski definition) is 2. The van der Waals surface area contributed by atoms with Gasteiger partial charge in [0.25, 0.3) is 0 Å². The zero-order chi connectivity index (χ0) is 15.8. The van der Waals surface area contributed by atoms with E-state index in [4.69, 9.17) is 9.47 Å². The number of ether oxygens (including phenoxy) is 2. The first-order valence-electron chi connectivity index (χ1n) is 8.01. The van der Waals surface area contributed by atoms with Gasteiger partial charge in [0.1, 0.15) is 11.9 Å². The molecule has 1 heterocycles. The topological polar surface area (TPSA) is 54.9 Å². The third kappa shape index (κ3) is 6.55. The molecule has 0 bridgehead atoms. The number of halogens is 1. The Morgan fingerprint density at radius 2 is 2.22 bits per heavy atom. The van der Waals surface area contributed by atoms with Crippen molar-refractivity contribution in [1.82, 2.24) is 10.6 Å². The highest BCUT2D eigenvalue weighted by Gasteiger charge is 2.18. The van der Waals surface area contributed by atoms with E-state index < -0.39 is 0 Å². The number of aliphatic imine (C=N–C) groups is 1. The smallest absolute Gasteiger partial charge is 0.191 e. The van der Waals surface area contributed by atoms with E-state index in [1.54, 1.807) is 7.05 Å². The highest BCUT2D eigenvalue weighted by molar-refractivity contribution is 14.0. The van der Waals surface area contributed by atoms with Crippen molar-refractivity contribution in [3.05, 3.63) is 29.3 Å². The molecule has 1 unspecified atom stereocenters. The molecule has 1 aromatic carbocycles. The number of guanidine groups is 1. The zero-order valence-corrected chi connectivity index (χ0v) is 16.6. The summed E-state index contributed by atoms with van der Waals surface area (Å²) in [6.07, 6.45) is 2.19. The van der Waals surface area contributed by atoms with Crippen LogP contribution in [0.1, 0.15) is 30.9 Å². The standard InChI is InChI=1S/C17H27N3O2.HI/c1-4-8-19-17(18-3)20-11-14-6-5-13(2)10-16(14)22-15-7-9-21-12-15;/h5-6,10,15H,4,7-9,11-12H2,1-3H3,(H2,18,19,20);1H. The van der Waals surface area contributed by atoms with Crippen molar-refractivity contribution in [2.45, 2.75) is 39.3 Å². The van der Waals surface area contributed by atoms with Gasteiger partial charge in [0.2, 0.25) is 0 Å². The molecular weight excluding hydrogens is 405 g/mol. The Morgan fingerprint density at radius 3 is 2.87 bits per heavy atom. The quantitative estimate of drug-likeness (QED) is 0.412. The van der Waals surface area contributed by atoms with Gasteiger partial charge in [-0.25, -0.2) is 0 Å². The lowest BCUT2D eigenvalue weighted by molar-refractivity contribution is 0.140. The van der Waals surface area contributed by atoms with Crippen molar-refractivity contribution in [3.63, 3.8) is 0 Å². The second-order valence-corrected chi connectivity index (χ2v) is 5.57. The van der Waals surface area contributed by atoms with E-state index in [0.29, 0.717) is 13.2 Å². The molecule has 6 heteroatoms. The van der Waals surface area contributed by atoms with Crippen molar-refractivity contribution in [1.29, 1.82) is 0 Å². The Morgan fingerprint density at radius 1 is 1.39 bits per heavy atom. The van der Waals surface area contributed by atoms with E-state index in [0.717, 1.165) is 43.3 Å². The summed E-state index contributed by atoms with van der Waals surface area (Å²) in [6, 6.07) is 6.31. The van der Waals surface area contributed by atoms with Crippen LogP contribution in [0.25, 0.3) is 0 Å². The van der Waals surface area contributed by atoms with Gasteiger partial charge >= 0.3 is 0 Å². The predicted octanol–water partition coefficient (Wildman–Crippen LogP) is 2.86. The summed E-state index contributed by atoms with van der Waals surface area (Å²) < 4.78 is 11.5. The van der Waals surface area contributed by atoms with Gasteiger partial charge in [0.05, 0.1) is 13.2 Å². The molecule has 1 saturated heterocycles. The maximum absolute atomic E-state index is 6.11. The number of benzene rings is 1. The Balaban J connectivity index is 0.00000264. The minimum Gasteiger partial charge on any atom is -0.488 e. The van der Waals surface area contributed by atoms with Crippen LogP contribution in [0.2, 0.25) is 0 Å². The predicted molar refractivity (Wildman–Crippen MR) is 105 cm³/mol. The normalized spacial score (nSPS) is 17.5. The summed E-state index contributed by atoms with van der Waals surface area (Å²) in [4.78, 5) is 4.22. The van der Waals surface area contributed by atoms with Crippen LogP contribution in [0.3, 0.4) is 0 Å². The molecule has 0 aromatic heterocycles. The van der Waals surface area contributed by atoms with E-state index in [-0.39, 0.29) is 30.1 Å². The molecule has 0 aliphatic carbocycles. The first-order valence-corrected chi connectivity index (χ1v) is 8.01. The van der Waals surface area contributed by atoms with Crippen LogP contribution in [-0.2, 0) is 11.3 Å². The largest absolute Gasteiger partial charge is 0.488 e. The number of rotatable bonds is 6. The van der Waals surface area contributed by atoms with Gasteiger partial charge in [-0.3, -0.25) is 4.99 Å². The van der Waals surface area contributed by atoms with Crippen molar-refractivity contribution >= 4 is 29.9 Å². The van der Waals surface area contributed by atoms with Gasteiger partial charge < -0.3 is 20.1 Å². The molecule has 0 amide bonds. The first kappa shape index (κ1) is 20.0. The van der Waals surface area contributed by atoms with Crippen molar-refractivity contribution in [2.75, 3.05) is 26.8 Å². The Labute approximate surface area is 156 Å². The Hall–Kier alpha value is -1.02. The highest BCUT2D eigenvalue weighted by Crippen LogP contribution is 2.23. The molecule has 5 nitrogen and oxygen atoms in total. The molecule has 2 N–H and O–H groups in total. The van der Waals surface area contributed by atoms with Crippen LogP contribution < -0.4 is 15.4 Å². The monoisotopic (exact) mass is 433 g/mol. The maximum Gasteiger partial charge on any atom is 0.191 e. The fraction of sp³-hybridized carbons (Fsp3) is 0.588. The van der Waals surface area contributed by atoms with Crippen LogP contribution in [0.4, 0.5) is 0 Å². The van der Waals surface area contributed by atoms with E-state index in [1.165, 1.54) is 5.56 Å². The summed E-state index contributed by atoms with van der Waals surface area (Å²) in [5.74, 6) is 1.76. The lowest BCUT2D eigenvalue weighted by Gasteiger charge is -2.18. The highest BCUT2D eigenvalue weighted by atomic mass is 127. The lowest BCUT2D eigenvalue weighted by atomic mass is 10.1. The third-order valence-electron chi connectivity index (χ3n) is 3.62. The molecule has 2 rings (SSSR count). The molecule has 1 aliphatic rings. The summed E-state index contributed by atoms with van der Waals surface area (Å²) in [5, 5.41) is 6.60. The number of hydrogen-bond acceptors (Lipinski definition) is 3. The van der Waals surface area contributed by atoms with Crippen LogP contribution in [0.15, 0.2) is 23.2 Å². The first-order chi connectivity index (χ1) is 10.7. The summed E-state index contributed by atoms with van der Waals surface area (Å²) >= 11 is 0. The number of nitrogens with one attached hydrogen (secondary N) is 2. The lowest BCUT2D eigenvalue weighted by Crippen LogP contribution is -2.37. The van der Waals surface area contributed by atoms with Gasteiger partial charge in [-0.2, -0.15) is 0 Å².